The summed E-state index contributed by atoms with van der Waals surface area (Å²) >= 11 is 1.84. The Balaban J connectivity index is 1.68. The fraction of sp³-hybridized carbons (Fsp3) is 0.412. The van der Waals surface area contributed by atoms with E-state index >= 15 is 0 Å². The first-order valence-electron chi connectivity index (χ1n) is 7.51. The number of thiazole rings is 1. The van der Waals surface area contributed by atoms with Crippen molar-refractivity contribution < 1.29 is 5.21 Å². The van der Waals surface area contributed by atoms with Crippen LogP contribution in [0.5, 0.6) is 0 Å². The van der Waals surface area contributed by atoms with Crippen molar-refractivity contribution in [2.24, 2.45) is 5.16 Å². The van der Waals surface area contributed by atoms with Gasteiger partial charge < -0.3 is 5.21 Å². The molecule has 0 amide bonds. The summed E-state index contributed by atoms with van der Waals surface area (Å²) in [6, 6.07) is 8.11. The van der Waals surface area contributed by atoms with Crippen molar-refractivity contribution >= 4 is 17.0 Å². The molecule has 1 N–H and O–H groups in total. The maximum atomic E-state index is 9.26. The summed E-state index contributed by atoms with van der Waals surface area (Å²) in [6.07, 6.45) is 6.46. The highest BCUT2D eigenvalue weighted by molar-refractivity contribution is 7.11. The van der Waals surface area contributed by atoms with Crippen LogP contribution in [0, 0.1) is 6.92 Å². The van der Waals surface area contributed by atoms with Crippen LogP contribution in [0.25, 0.3) is 0 Å². The zero-order valence-electron chi connectivity index (χ0n) is 12.3. The maximum absolute atomic E-state index is 9.26. The highest BCUT2D eigenvalue weighted by Gasteiger charge is 2.15. The van der Waals surface area contributed by atoms with Crippen molar-refractivity contribution in [1.82, 2.24) is 4.98 Å². The second-order valence-corrected chi connectivity index (χ2v) is 6.77. The molecule has 0 spiro atoms. The van der Waals surface area contributed by atoms with Gasteiger partial charge in [0.05, 0.1) is 16.4 Å². The Morgan fingerprint density at radius 3 is 2.71 bits per heavy atom. The normalized spacial score (nSPS) is 15.0. The molecule has 21 heavy (non-hydrogen) atoms. The summed E-state index contributed by atoms with van der Waals surface area (Å²) in [5, 5.41) is 13.9. The molecular formula is C17H20N2OS. The molecule has 1 aromatic heterocycles. The third kappa shape index (κ3) is 3.32. The number of benzene rings is 1. The Morgan fingerprint density at radius 1 is 1.24 bits per heavy atom. The quantitative estimate of drug-likeness (QED) is 0.524. The minimum Gasteiger partial charge on any atom is -0.411 e. The molecule has 1 aliphatic rings. The van der Waals surface area contributed by atoms with E-state index in [2.05, 4.69) is 12.1 Å². The highest BCUT2D eigenvalue weighted by atomic mass is 32.1. The predicted molar refractivity (Wildman–Crippen MR) is 86.6 cm³/mol. The molecule has 2 aromatic rings. The summed E-state index contributed by atoms with van der Waals surface area (Å²) in [4.78, 5) is 6.21. The average Bonchev–Trinajstić information content (AvgIpc) is 2.92. The number of aryl methyl sites for hydroxylation is 4. The minimum atomic E-state index is 0.728. The first-order valence-corrected chi connectivity index (χ1v) is 8.33. The highest BCUT2D eigenvalue weighted by Crippen LogP contribution is 2.27. The van der Waals surface area contributed by atoms with Crippen molar-refractivity contribution in [1.29, 1.82) is 0 Å². The molecule has 0 aliphatic heterocycles. The number of nitrogens with zero attached hydrogens (tertiary/aromatic N) is 2. The molecule has 0 atom stereocenters. The molecule has 1 aromatic carbocycles. The first-order chi connectivity index (χ1) is 10.3. The lowest BCUT2D eigenvalue weighted by Crippen LogP contribution is -2.03. The molecule has 0 bridgehead atoms. The van der Waals surface area contributed by atoms with Crippen LogP contribution < -0.4 is 0 Å². The Morgan fingerprint density at radius 2 is 2.00 bits per heavy atom. The number of oxime groups is 1. The smallest absolute Gasteiger partial charge is 0.0935 e. The zero-order valence-corrected chi connectivity index (χ0v) is 13.1. The van der Waals surface area contributed by atoms with Crippen molar-refractivity contribution in [3.8, 4) is 0 Å². The van der Waals surface area contributed by atoms with Gasteiger partial charge in [-0.1, -0.05) is 35.0 Å². The van der Waals surface area contributed by atoms with E-state index in [-0.39, 0.29) is 0 Å². The fourth-order valence-electron chi connectivity index (χ4n) is 2.74. The van der Waals surface area contributed by atoms with Gasteiger partial charge in [0.15, 0.2) is 0 Å². The van der Waals surface area contributed by atoms with Gasteiger partial charge in [-0.15, -0.1) is 11.3 Å². The van der Waals surface area contributed by atoms with E-state index in [1.54, 1.807) is 0 Å². The molecule has 1 heterocycles. The number of rotatable bonds is 4. The Labute approximate surface area is 129 Å². The third-order valence-corrected chi connectivity index (χ3v) is 5.19. The van der Waals surface area contributed by atoms with Gasteiger partial charge in [-0.05, 0) is 44.6 Å². The van der Waals surface area contributed by atoms with E-state index in [4.69, 9.17) is 4.98 Å². The molecule has 3 rings (SSSR count). The lowest BCUT2D eigenvalue weighted by Gasteiger charge is -2.06. The van der Waals surface area contributed by atoms with Crippen molar-refractivity contribution in [3.05, 3.63) is 51.0 Å². The predicted octanol–water partition coefficient (Wildman–Crippen LogP) is 4.14. The second kappa shape index (κ2) is 6.39. The number of hydrogen-bond donors (Lipinski definition) is 1. The molecule has 0 unspecified atom stereocenters. The number of fused-ring (bicyclic) bond motifs is 1. The lowest BCUT2D eigenvalue weighted by atomic mass is 10.0. The summed E-state index contributed by atoms with van der Waals surface area (Å²) in [5.41, 5.74) is 4.25. The topological polar surface area (TPSA) is 45.5 Å². The third-order valence-electron chi connectivity index (χ3n) is 3.97. The van der Waals surface area contributed by atoms with Crippen LogP contribution in [0.1, 0.15) is 46.0 Å². The summed E-state index contributed by atoms with van der Waals surface area (Å²) in [7, 11) is 0. The van der Waals surface area contributed by atoms with Gasteiger partial charge in [-0.25, -0.2) is 4.98 Å². The summed E-state index contributed by atoms with van der Waals surface area (Å²) < 4.78 is 0. The number of hydrogen-bond acceptors (Lipinski definition) is 4. The van der Waals surface area contributed by atoms with Crippen LogP contribution in [0.15, 0.2) is 29.4 Å². The zero-order chi connectivity index (χ0) is 14.7. The lowest BCUT2D eigenvalue weighted by molar-refractivity contribution is 0.318. The summed E-state index contributed by atoms with van der Waals surface area (Å²) in [5.74, 6) is 0. The number of aromatic nitrogens is 1. The molecule has 4 heteroatoms. The van der Waals surface area contributed by atoms with Gasteiger partial charge >= 0.3 is 0 Å². The van der Waals surface area contributed by atoms with Crippen molar-refractivity contribution in [3.63, 3.8) is 0 Å². The van der Waals surface area contributed by atoms with E-state index in [9.17, 15) is 5.21 Å². The molecule has 0 fully saturated rings. The van der Waals surface area contributed by atoms with Crippen LogP contribution in [-0.4, -0.2) is 15.9 Å². The van der Waals surface area contributed by atoms with Gasteiger partial charge in [0, 0.05) is 11.3 Å². The van der Waals surface area contributed by atoms with Crippen LogP contribution in [0.2, 0.25) is 0 Å². The average molecular weight is 300 g/mol. The van der Waals surface area contributed by atoms with Crippen LogP contribution in [-0.2, 0) is 19.3 Å². The van der Waals surface area contributed by atoms with E-state index in [1.165, 1.54) is 40.4 Å². The molecule has 110 valence electrons. The second-order valence-electron chi connectivity index (χ2n) is 5.60. The molecule has 3 nitrogen and oxygen atoms in total. The monoisotopic (exact) mass is 300 g/mol. The van der Waals surface area contributed by atoms with Gasteiger partial charge in [-0.3, -0.25) is 0 Å². The van der Waals surface area contributed by atoms with E-state index < -0.39 is 0 Å². The molecule has 1 aliphatic carbocycles. The van der Waals surface area contributed by atoms with Crippen molar-refractivity contribution in [2.45, 2.75) is 45.4 Å². The Kier molecular flexibility index (Phi) is 4.34. The first kappa shape index (κ1) is 14.3. The van der Waals surface area contributed by atoms with Gasteiger partial charge in [0.1, 0.15) is 0 Å². The van der Waals surface area contributed by atoms with Crippen LogP contribution in [0.3, 0.4) is 0 Å². The van der Waals surface area contributed by atoms with Crippen LogP contribution >= 0.6 is 11.3 Å². The summed E-state index contributed by atoms with van der Waals surface area (Å²) in [6.45, 7) is 2.06. The van der Waals surface area contributed by atoms with E-state index in [0.717, 1.165) is 30.5 Å². The largest absolute Gasteiger partial charge is 0.411 e. The molecule has 0 radical (unpaired) electrons. The minimum absolute atomic E-state index is 0.728. The molecular weight excluding hydrogens is 280 g/mol. The van der Waals surface area contributed by atoms with E-state index in [1.807, 2.05) is 35.6 Å². The Bertz CT molecular complexity index is 620. The van der Waals surface area contributed by atoms with Crippen LogP contribution in [0.4, 0.5) is 0 Å². The SMILES string of the molecule is Cc1ccc(C(CCc2nc3c(s2)CCCC3)=NO)cc1. The van der Waals surface area contributed by atoms with Gasteiger partial charge in [-0.2, -0.15) is 0 Å². The van der Waals surface area contributed by atoms with Gasteiger partial charge in [0.25, 0.3) is 0 Å². The van der Waals surface area contributed by atoms with Gasteiger partial charge in [0.2, 0.25) is 0 Å². The standard InChI is InChI=1S/C17H20N2OS/c1-12-6-8-13(9-7-12)14(19-20)10-11-17-18-15-4-2-3-5-16(15)21-17/h6-9,20H,2-5,10-11H2,1H3. The van der Waals surface area contributed by atoms with Crippen molar-refractivity contribution in [2.75, 3.05) is 0 Å². The Hall–Kier alpha value is -1.68. The fourth-order valence-corrected chi connectivity index (χ4v) is 3.89. The van der Waals surface area contributed by atoms with E-state index in [0.29, 0.717) is 0 Å². The molecule has 0 saturated carbocycles. The maximum Gasteiger partial charge on any atom is 0.0935 e. The molecule has 0 saturated heterocycles.